The van der Waals surface area contributed by atoms with Crippen molar-refractivity contribution in [1.82, 2.24) is 0 Å². The van der Waals surface area contributed by atoms with E-state index in [2.05, 4.69) is 6.92 Å². The lowest BCUT2D eigenvalue weighted by Crippen LogP contribution is -2.08. The largest absolute Gasteiger partial charge is 0.508 e. The van der Waals surface area contributed by atoms with E-state index >= 15 is 0 Å². The zero-order chi connectivity index (χ0) is 14.5. The molecule has 0 saturated heterocycles. The Bertz CT molecular complexity index is 644. The normalized spacial score (nSPS) is 10.8. The van der Waals surface area contributed by atoms with Crippen LogP contribution in [-0.2, 0) is 0 Å². The molecule has 0 aliphatic carbocycles. The molecule has 0 atom stereocenters. The predicted molar refractivity (Wildman–Crippen MR) is 75.5 cm³/mol. The van der Waals surface area contributed by atoms with Crippen LogP contribution in [0.2, 0.25) is 0 Å². The first-order chi connectivity index (χ1) is 9.63. The predicted octanol–water partition coefficient (Wildman–Crippen LogP) is 3.16. The second kappa shape index (κ2) is 6.32. The SMILES string of the molecule is CCCCCCOc1c(O)c2cc(O)ccc2oc1=O. The molecule has 1 aromatic heterocycles. The molecule has 2 N–H and O–H groups in total. The minimum Gasteiger partial charge on any atom is -0.508 e. The second-order valence-corrected chi connectivity index (χ2v) is 4.66. The van der Waals surface area contributed by atoms with Crippen molar-refractivity contribution in [2.75, 3.05) is 6.61 Å². The lowest BCUT2D eigenvalue weighted by molar-refractivity contribution is 0.276. The summed E-state index contributed by atoms with van der Waals surface area (Å²) in [7, 11) is 0. The fourth-order valence-corrected chi connectivity index (χ4v) is 1.99. The number of phenols is 1. The summed E-state index contributed by atoms with van der Waals surface area (Å²) in [5.41, 5.74) is -0.500. The smallest absolute Gasteiger partial charge is 0.383 e. The van der Waals surface area contributed by atoms with E-state index in [9.17, 15) is 15.0 Å². The number of ether oxygens (including phenoxy) is 1. The molecule has 0 spiro atoms. The van der Waals surface area contributed by atoms with Crippen molar-refractivity contribution in [2.45, 2.75) is 32.6 Å². The molecule has 0 aliphatic heterocycles. The van der Waals surface area contributed by atoms with Gasteiger partial charge >= 0.3 is 5.63 Å². The first-order valence-corrected chi connectivity index (χ1v) is 6.75. The fourth-order valence-electron chi connectivity index (χ4n) is 1.99. The maximum absolute atomic E-state index is 11.7. The molecule has 2 rings (SSSR count). The molecule has 0 amide bonds. The van der Waals surface area contributed by atoms with Crippen LogP contribution >= 0.6 is 0 Å². The lowest BCUT2D eigenvalue weighted by Gasteiger charge is -2.08. The molecule has 20 heavy (non-hydrogen) atoms. The van der Waals surface area contributed by atoms with E-state index in [4.69, 9.17) is 9.15 Å². The van der Waals surface area contributed by atoms with Gasteiger partial charge in [-0.05, 0) is 24.6 Å². The number of benzene rings is 1. The van der Waals surface area contributed by atoms with Gasteiger partial charge in [0.05, 0.1) is 12.0 Å². The second-order valence-electron chi connectivity index (χ2n) is 4.66. The van der Waals surface area contributed by atoms with E-state index in [-0.39, 0.29) is 28.2 Å². The summed E-state index contributed by atoms with van der Waals surface area (Å²) in [6.07, 6.45) is 4.04. The molecule has 0 fully saturated rings. The summed E-state index contributed by atoms with van der Waals surface area (Å²) in [6.45, 7) is 2.46. The lowest BCUT2D eigenvalue weighted by atomic mass is 10.2. The summed E-state index contributed by atoms with van der Waals surface area (Å²) in [4.78, 5) is 11.7. The quantitative estimate of drug-likeness (QED) is 0.626. The average Bonchev–Trinajstić information content (AvgIpc) is 2.43. The molecule has 1 heterocycles. The van der Waals surface area contributed by atoms with E-state index in [1.54, 1.807) is 0 Å². The first-order valence-electron chi connectivity index (χ1n) is 6.75. The molecule has 108 valence electrons. The van der Waals surface area contributed by atoms with Gasteiger partial charge in [-0.3, -0.25) is 0 Å². The van der Waals surface area contributed by atoms with Crippen LogP contribution in [0.25, 0.3) is 11.0 Å². The van der Waals surface area contributed by atoms with Gasteiger partial charge in [-0.15, -0.1) is 0 Å². The van der Waals surface area contributed by atoms with Crippen LogP contribution < -0.4 is 10.4 Å². The van der Waals surface area contributed by atoms with E-state index in [0.29, 0.717) is 6.61 Å². The van der Waals surface area contributed by atoms with Crippen molar-refractivity contribution in [1.29, 1.82) is 0 Å². The maximum Gasteiger partial charge on any atom is 0.383 e. The molecule has 5 heteroatoms. The highest BCUT2D eigenvalue weighted by Gasteiger charge is 2.15. The standard InChI is InChI=1S/C15H18O5/c1-2-3-4-5-8-19-14-13(17)11-9-10(16)6-7-12(11)20-15(14)18/h6-7,9,16-17H,2-5,8H2,1H3. The maximum atomic E-state index is 11.7. The highest BCUT2D eigenvalue weighted by Crippen LogP contribution is 2.33. The Labute approximate surface area is 116 Å². The summed E-state index contributed by atoms with van der Waals surface area (Å²) >= 11 is 0. The average molecular weight is 278 g/mol. The Hall–Kier alpha value is -2.17. The summed E-state index contributed by atoms with van der Waals surface area (Å²) in [5.74, 6) is -0.502. The van der Waals surface area contributed by atoms with Gasteiger partial charge in [0.15, 0.2) is 5.75 Å². The zero-order valence-corrected chi connectivity index (χ0v) is 11.4. The van der Waals surface area contributed by atoms with Gasteiger partial charge in [0.1, 0.15) is 11.3 Å². The van der Waals surface area contributed by atoms with Gasteiger partial charge in [0, 0.05) is 0 Å². The Morgan fingerprint density at radius 2 is 2.00 bits per heavy atom. The molecule has 0 bridgehead atoms. The molecule has 0 saturated carbocycles. The molecule has 2 aromatic rings. The Kier molecular flexibility index (Phi) is 4.50. The van der Waals surface area contributed by atoms with E-state index in [0.717, 1.165) is 25.7 Å². The highest BCUT2D eigenvalue weighted by molar-refractivity contribution is 5.86. The van der Waals surface area contributed by atoms with Crippen LogP contribution in [0.5, 0.6) is 17.2 Å². The number of phenolic OH excluding ortho intramolecular Hbond substituents is 1. The number of rotatable bonds is 6. The Morgan fingerprint density at radius 1 is 1.20 bits per heavy atom. The summed E-state index contributed by atoms with van der Waals surface area (Å²) in [5, 5.41) is 19.7. The van der Waals surface area contributed by atoms with Gasteiger partial charge in [0.25, 0.3) is 0 Å². The fraction of sp³-hybridized carbons (Fsp3) is 0.400. The van der Waals surface area contributed by atoms with E-state index < -0.39 is 5.63 Å². The number of aromatic hydroxyl groups is 2. The van der Waals surface area contributed by atoms with Crippen LogP contribution in [0.15, 0.2) is 27.4 Å². The molecule has 5 nitrogen and oxygen atoms in total. The van der Waals surface area contributed by atoms with Crippen molar-refractivity contribution < 1.29 is 19.4 Å². The van der Waals surface area contributed by atoms with Gasteiger partial charge in [0.2, 0.25) is 5.75 Å². The number of hydrogen-bond acceptors (Lipinski definition) is 5. The minimum atomic E-state index is -0.712. The van der Waals surface area contributed by atoms with Crippen molar-refractivity contribution in [2.24, 2.45) is 0 Å². The van der Waals surface area contributed by atoms with Crippen LogP contribution in [0.1, 0.15) is 32.6 Å². The van der Waals surface area contributed by atoms with Crippen molar-refractivity contribution in [3.8, 4) is 17.2 Å². The third-order valence-corrected chi connectivity index (χ3v) is 3.07. The molecular weight excluding hydrogens is 260 g/mol. The summed E-state index contributed by atoms with van der Waals surface area (Å²) in [6, 6.07) is 4.14. The van der Waals surface area contributed by atoms with Crippen LogP contribution in [-0.4, -0.2) is 16.8 Å². The van der Waals surface area contributed by atoms with Gasteiger partial charge in [-0.25, -0.2) is 4.79 Å². The molecule has 0 aliphatic rings. The zero-order valence-electron chi connectivity index (χ0n) is 11.4. The molecule has 1 aromatic carbocycles. The van der Waals surface area contributed by atoms with Crippen molar-refractivity contribution >= 4 is 11.0 Å². The van der Waals surface area contributed by atoms with Crippen molar-refractivity contribution in [3.05, 3.63) is 28.6 Å². The van der Waals surface area contributed by atoms with Gasteiger partial charge < -0.3 is 19.4 Å². The highest BCUT2D eigenvalue weighted by atomic mass is 16.5. The number of hydrogen-bond donors (Lipinski definition) is 2. The minimum absolute atomic E-state index is 0.0180. The number of unbranched alkanes of at least 4 members (excludes halogenated alkanes) is 3. The van der Waals surface area contributed by atoms with Gasteiger partial charge in [-0.1, -0.05) is 26.2 Å². The Balaban J connectivity index is 2.22. The third-order valence-electron chi connectivity index (χ3n) is 3.07. The first kappa shape index (κ1) is 14.2. The Morgan fingerprint density at radius 3 is 2.75 bits per heavy atom. The van der Waals surface area contributed by atoms with Crippen LogP contribution in [0, 0.1) is 0 Å². The molecular formula is C15H18O5. The third kappa shape index (κ3) is 3.04. The topological polar surface area (TPSA) is 79.9 Å². The van der Waals surface area contributed by atoms with E-state index in [1.165, 1.54) is 18.2 Å². The van der Waals surface area contributed by atoms with E-state index in [1.807, 2.05) is 0 Å². The number of fused-ring (bicyclic) bond motifs is 1. The summed E-state index contributed by atoms with van der Waals surface area (Å²) < 4.78 is 10.4. The molecule has 0 unspecified atom stereocenters. The van der Waals surface area contributed by atoms with Gasteiger partial charge in [-0.2, -0.15) is 0 Å². The van der Waals surface area contributed by atoms with Crippen LogP contribution in [0.3, 0.4) is 0 Å². The monoisotopic (exact) mass is 278 g/mol. The van der Waals surface area contributed by atoms with Crippen molar-refractivity contribution in [3.63, 3.8) is 0 Å². The molecule has 0 radical (unpaired) electrons. The van der Waals surface area contributed by atoms with Crippen LogP contribution in [0.4, 0.5) is 0 Å².